The van der Waals surface area contributed by atoms with Crippen molar-refractivity contribution in [3.63, 3.8) is 0 Å². The fraction of sp³-hybridized carbons (Fsp3) is 0.500. The second-order valence-electron chi connectivity index (χ2n) is 4.18. The third-order valence-electron chi connectivity index (χ3n) is 1.99. The summed E-state index contributed by atoms with van der Waals surface area (Å²) in [5.74, 6) is 5.32. The van der Waals surface area contributed by atoms with E-state index in [9.17, 15) is 0 Å². The predicted octanol–water partition coefficient (Wildman–Crippen LogP) is 1.81. The van der Waals surface area contributed by atoms with E-state index in [0.717, 1.165) is 11.3 Å². The minimum absolute atomic E-state index is 0.114. The topological polar surface area (TPSA) is 43.3 Å². The van der Waals surface area contributed by atoms with Crippen molar-refractivity contribution in [2.45, 2.75) is 32.7 Å². The molecule has 0 atom stereocenters. The van der Waals surface area contributed by atoms with Gasteiger partial charge in [0, 0.05) is 23.0 Å². The first-order chi connectivity index (χ1) is 6.50. The van der Waals surface area contributed by atoms with E-state index in [4.69, 9.17) is 5.84 Å². The molecule has 1 heterocycles. The van der Waals surface area contributed by atoms with Gasteiger partial charge in [-0.25, -0.2) is 0 Å². The summed E-state index contributed by atoms with van der Waals surface area (Å²) < 4.78 is 2.09. The minimum atomic E-state index is 0.114. The highest BCUT2D eigenvalue weighted by Crippen LogP contribution is 2.22. The van der Waals surface area contributed by atoms with Gasteiger partial charge in [-0.3, -0.25) is 0 Å². The molecule has 0 radical (unpaired) electrons. The van der Waals surface area contributed by atoms with Gasteiger partial charge in [-0.15, -0.1) is 17.9 Å². The van der Waals surface area contributed by atoms with Gasteiger partial charge in [0.25, 0.3) is 0 Å². The third-order valence-corrected chi connectivity index (χ3v) is 2.87. The third kappa shape index (κ3) is 2.07. The Kier molecular flexibility index (Phi) is 3.16. The van der Waals surface area contributed by atoms with E-state index in [1.165, 1.54) is 5.69 Å². The summed E-state index contributed by atoms with van der Waals surface area (Å²) in [6.07, 6.45) is 1.86. The van der Waals surface area contributed by atoms with Gasteiger partial charge in [-0.1, -0.05) is 26.8 Å². The predicted molar refractivity (Wildman–Crippen MR) is 61.0 cm³/mol. The lowest BCUT2D eigenvalue weighted by Gasteiger charge is -2.20. The molecule has 14 heavy (non-hydrogen) atoms. The lowest BCUT2D eigenvalue weighted by molar-refractivity contribution is 0.526. The lowest BCUT2D eigenvalue weighted by Crippen LogP contribution is -2.24. The molecule has 0 bridgehead atoms. The molecule has 0 spiro atoms. The van der Waals surface area contributed by atoms with Crippen molar-refractivity contribution in [1.82, 2.24) is 4.57 Å². The molecule has 0 saturated carbocycles. The summed E-state index contributed by atoms with van der Waals surface area (Å²) in [6.45, 7) is 11.0. The van der Waals surface area contributed by atoms with E-state index >= 15 is 0 Å². The maximum absolute atomic E-state index is 5.32. The highest BCUT2D eigenvalue weighted by molar-refractivity contribution is 7.07. The molecule has 0 unspecified atom stereocenters. The van der Waals surface area contributed by atoms with Crippen molar-refractivity contribution in [3.8, 4) is 0 Å². The van der Waals surface area contributed by atoms with Gasteiger partial charge in [-0.2, -0.15) is 5.10 Å². The molecule has 0 aromatic carbocycles. The van der Waals surface area contributed by atoms with Gasteiger partial charge in [0.15, 0.2) is 0 Å². The Balaban J connectivity index is 3.32. The first-order valence-corrected chi connectivity index (χ1v) is 5.42. The number of nitrogens with two attached hydrogens (primary N) is 1. The van der Waals surface area contributed by atoms with E-state index in [2.05, 4.69) is 42.4 Å². The molecule has 4 heteroatoms. The van der Waals surface area contributed by atoms with Crippen LogP contribution in [0, 0.1) is 0 Å². The average Bonchev–Trinajstić information content (AvgIpc) is 2.47. The van der Waals surface area contributed by atoms with Crippen LogP contribution >= 0.6 is 11.3 Å². The Morgan fingerprint density at radius 3 is 2.71 bits per heavy atom. The van der Waals surface area contributed by atoms with Gasteiger partial charge in [0.1, 0.15) is 0 Å². The van der Waals surface area contributed by atoms with Crippen LogP contribution in [0.3, 0.4) is 0 Å². The average molecular weight is 211 g/mol. The zero-order chi connectivity index (χ0) is 10.8. The van der Waals surface area contributed by atoms with Crippen LogP contribution in [0.4, 0.5) is 0 Å². The second kappa shape index (κ2) is 4.00. The first kappa shape index (κ1) is 11.0. The Morgan fingerprint density at radius 2 is 2.29 bits per heavy atom. The van der Waals surface area contributed by atoms with Gasteiger partial charge in [0.05, 0.1) is 0 Å². The normalized spacial score (nSPS) is 13.2. The molecule has 2 N–H and O–H groups in total. The zero-order valence-electron chi connectivity index (χ0n) is 8.95. The smallest absolute Gasteiger partial charge is 0.208 e. The summed E-state index contributed by atoms with van der Waals surface area (Å²) in [4.78, 5) is 0.842. The van der Waals surface area contributed by atoms with Crippen LogP contribution in [0.5, 0.6) is 0 Å². The largest absolute Gasteiger partial charge is 0.320 e. The maximum Gasteiger partial charge on any atom is 0.208 e. The quantitative estimate of drug-likeness (QED) is 0.452. The fourth-order valence-corrected chi connectivity index (χ4v) is 2.38. The number of thiazole rings is 1. The molecule has 1 aromatic rings. The molecule has 78 valence electrons. The van der Waals surface area contributed by atoms with Crippen molar-refractivity contribution in [2.75, 3.05) is 0 Å². The van der Waals surface area contributed by atoms with Gasteiger partial charge in [0.2, 0.25) is 4.80 Å². The standard InChI is InChI=1S/C10H17N3S/c1-5-6-13-8(10(2,3)4)7-14-9(13)12-11/h5,7H,1,6,11H2,2-4H3. The first-order valence-electron chi connectivity index (χ1n) is 4.54. The maximum atomic E-state index is 5.32. The molecule has 1 rings (SSSR count). The van der Waals surface area contributed by atoms with Gasteiger partial charge in [-0.05, 0) is 0 Å². The fourth-order valence-electron chi connectivity index (χ4n) is 1.33. The van der Waals surface area contributed by atoms with Crippen molar-refractivity contribution in [3.05, 3.63) is 28.5 Å². The Hall–Kier alpha value is -1.03. The molecule has 3 nitrogen and oxygen atoms in total. The zero-order valence-corrected chi connectivity index (χ0v) is 9.77. The molecule has 0 aliphatic heterocycles. The Morgan fingerprint density at radius 1 is 1.64 bits per heavy atom. The molecule has 0 aliphatic carbocycles. The van der Waals surface area contributed by atoms with Gasteiger partial charge < -0.3 is 10.4 Å². The van der Waals surface area contributed by atoms with Crippen LogP contribution in [-0.2, 0) is 12.0 Å². The van der Waals surface area contributed by atoms with Crippen molar-refractivity contribution in [2.24, 2.45) is 10.9 Å². The molecular weight excluding hydrogens is 194 g/mol. The number of nitrogens with zero attached hydrogens (tertiary/aromatic N) is 2. The van der Waals surface area contributed by atoms with Gasteiger partial charge >= 0.3 is 0 Å². The highest BCUT2D eigenvalue weighted by Gasteiger charge is 2.18. The molecule has 0 saturated heterocycles. The van der Waals surface area contributed by atoms with Crippen LogP contribution in [0.2, 0.25) is 0 Å². The highest BCUT2D eigenvalue weighted by atomic mass is 32.1. The van der Waals surface area contributed by atoms with E-state index in [1.807, 2.05) is 6.08 Å². The number of aromatic nitrogens is 1. The second-order valence-corrected chi connectivity index (χ2v) is 5.02. The lowest BCUT2D eigenvalue weighted by atomic mass is 9.93. The molecule has 1 aromatic heterocycles. The van der Waals surface area contributed by atoms with E-state index in [-0.39, 0.29) is 5.41 Å². The van der Waals surface area contributed by atoms with E-state index < -0.39 is 0 Å². The monoisotopic (exact) mass is 211 g/mol. The Labute approximate surface area is 88.6 Å². The Bertz CT molecular complexity index is 379. The van der Waals surface area contributed by atoms with E-state index in [1.54, 1.807) is 11.3 Å². The van der Waals surface area contributed by atoms with Crippen molar-refractivity contribution < 1.29 is 0 Å². The van der Waals surface area contributed by atoms with Crippen LogP contribution in [0.15, 0.2) is 23.1 Å². The number of hydrogen-bond donors (Lipinski definition) is 1. The number of rotatable bonds is 2. The summed E-state index contributed by atoms with van der Waals surface area (Å²) in [5, 5.41) is 5.86. The number of allylic oxidation sites excluding steroid dienone is 1. The molecule has 0 aliphatic rings. The van der Waals surface area contributed by atoms with Crippen LogP contribution in [-0.4, -0.2) is 4.57 Å². The van der Waals surface area contributed by atoms with Crippen LogP contribution in [0.25, 0.3) is 0 Å². The summed E-state index contributed by atoms with van der Waals surface area (Å²) in [7, 11) is 0. The molecular formula is C10H17N3S. The number of hydrogen-bond acceptors (Lipinski definition) is 3. The summed E-state index contributed by atoms with van der Waals surface area (Å²) >= 11 is 1.57. The summed E-state index contributed by atoms with van der Waals surface area (Å²) in [6, 6.07) is 0. The minimum Gasteiger partial charge on any atom is -0.320 e. The SMILES string of the molecule is C=CCn1c(C(C)(C)C)csc1=NN. The molecule has 0 amide bonds. The van der Waals surface area contributed by atoms with Crippen molar-refractivity contribution in [1.29, 1.82) is 0 Å². The van der Waals surface area contributed by atoms with Crippen LogP contribution in [0.1, 0.15) is 26.5 Å². The summed E-state index contributed by atoms with van der Waals surface area (Å²) in [5.41, 5.74) is 1.36. The van der Waals surface area contributed by atoms with Crippen molar-refractivity contribution >= 4 is 11.3 Å². The van der Waals surface area contributed by atoms with Crippen LogP contribution < -0.4 is 10.6 Å². The molecule has 0 fully saturated rings. The van der Waals surface area contributed by atoms with E-state index in [0.29, 0.717) is 0 Å².